The number of aromatic nitrogens is 1. The molecule has 1 heterocycles. The third-order valence-electron chi connectivity index (χ3n) is 3.74. The molecule has 1 aromatic heterocycles. The van der Waals surface area contributed by atoms with Crippen molar-refractivity contribution in [2.24, 2.45) is 0 Å². The number of nitrogens with one attached hydrogen (secondary N) is 1. The highest BCUT2D eigenvalue weighted by Crippen LogP contribution is 2.32. The maximum Gasteiger partial charge on any atom is 0.209 e. The molecule has 108 valence electrons. The first kappa shape index (κ1) is 13.9. The van der Waals surface area contributed by atoms with Gasteiger partial charge in [0.05, 0.1) is 9.79 Å². The minimum absolute atomic E-state index is 0.381. The molecule has 0 aliphatic heterocycles. The van der Waals surface area contributed by atoms with Crippen LogP contribution in [0.5, 0.6) is 0 Å². The maximum absolute atomic E-state index is 13.1. The summed E-state index contributed by atoms with van der Waals surface area (Å²) in [6, 6.07) is 13.0. The predicted molar refractivity (Wildman–Crippen MR) is 84.4 cm³/mol. The third-order valence-corrected chi connectivity index (χ3v) is 5.82. The van der Waals surface area contributed by atoms with E-state index in [9.17, 15) is 8.42 Å². The van der Waals surface area contributed by atoms with E-state index in [1.165, 1.54) is 0 Å². The highest BCUT2D eigenvalue weighted by molar-refractivity contribution is 7.91. The first-order chi connectivity index (χ1) is 9.91. The van der Waals surface area contributed by atoms with E-state index in [1.54, 1.807) is 13.0 Å². The van der Waals surface area contributed by atoms with E-state index in [0.29, 0.717) is 15.5 Å². The second-order valence-corrected chi connectivity index (χ2v) is 7.25. The fourth-order valence-corrected chi connectivity index (χ4v) is 4.68. The van der Waals surface area contributed by atoms with Gasteiger partial charge in [0, 0.05) is 16.6 Å². The number of fused-ring (bicyclic) bond motifs is 1. The topological polar surface area (TPSA) is 49.9 Å². The highest BCUT2D eigenvalue weighted by atomic mass is 32.2. The maximum atomic E-state index is 13.1. The molecule has 0 saturated heterocycles. The number of hydrogen-bond donors (Lipinski definition) is 1. The van der Waals surface area contributed by atoms with Gasteiger partial charge in [0.15, 0.2) is 0 Å². The highest BCUT2D eigenvalue weighted by Gasteiger charge is 2.25. The third kappa shape index (κ3) is 2.16. The average molecular weight is 299 g/mol. The molecule has 0 aliphatic rings. The van der Waals surface area contributed by atoms with Crippen molar-refractivity contribution in [1.82, 2.24) is 4.98 Å². The van der Waals surface area contributed by atoms with Crippen molar-refractivity contribution < 1.29 is 8.42 Å². The summed E-state index contributed by atoms with van der Waals surface area (Å²) >= 11 is 0. The molecular formula is C17H17NO2S. The average Bonchev–Trinajstić information content (AvgIpc) is 2.77. The van der Waals surface area contributed by atoms with Gasteiger partial charge in [-0.15, -0.1) is 0 Å². The van der Waals surface area contributed by atoms with Crippen LogP contribution in [0, 0.1) is 20.8 Å². The Kier molecular flexibility index (Phi) is 3.14. The van der Waals surface area contributed by atoms with Gasteiger partial charge in [-0.25, -0.2) is 8.42 Å². The summed E-state index contributed by atoms with van der Waals surface area (Å²) in [6.07, 6.45) is 0. The molecule has 3 rings (SSSR count). The van der Waals surface area contributed by atoms with E-state index < -0.39 is 9.84 Å². The lowest BCUT2D eigenvalue weighted by Crippen LogP contribution is -2.05. The van der Waals surface area contributed by atoms with Gasteiger partial charge in [0.1, 0.15) is 0 Å². The Morgan fingerprint density at radius 2 is 1.67 bits per heavy atom. The van der Waals surface area contributed by atoms with Crippen LogP contribution in [0.1, 0.15) is 16.8 Å². The van der Waals surface area contributed by atoms with Gasteiger partial charge in [0.25, 0.3) is 0 Å². The van der Waals surface area contributed by atoms with Gasteiger partial charge in [-0.05, 0) is 44.0 Å². The van der Waals surface area contributed by atoms with Crippen LogP contribution in [0.2, 0.25) is 0 Å². The normalized spacial score (nSPS) is 12.0. The zero-order chi connectivity index (χ0) is 15.2. The van der Waals surface area contributed by atoms with Crippen molar-refractivity contribution in [1.29, 1.82) is 0 Å². The lowest BCUT2D eigenvalue weighted by Gasteiger charge is -2.09. The van der Waals surface area contributed by atoms with Gasteiger partial charge >= 0.3 is 0 Å². The van der Waals surface area contributed by atoms with Crippen LogP contribution >= 0.6 is 0 Å². The molecule has 4 heteroatoms. The van der Waals surface area contributed by atoms with Crippen LogP contribution in [-0.2, 0) is 9.84 Å². The quantitative estimate of drug-likeness (QED) is 0.779. The van der Waals surface area contributed by atoms with Crippen LogP contribution in [-0.4, -0.2) is 13.4 Å². The first-order valence-corrected chi connectivity index (χ1v) is 8.29. The monoisotopic (exact) mass is 299 g/mol. The summed E-state index contributed by atoms with van der Waals surface area (Å²) in [7, 11) is -3.54. The smallest absolute Gasteiger partial charge is 0.209 e. The van der Waals surface area contributed by atoms with E-state index in [2.05, 4.69) is 4.98 Å². The number of sulfone groups is 1. The van der Waals surface area contributed by atoms with Gasteiger partial charge in [-0.2, -0.15) is 0 Å². The van der Waals surface area contributed by atoms with Crippen LogP contribution in [0.25, 0.3) is 10.9 Å². The number of aromatic amines is 1. The number of H-pyrrole nitrogens is 1. The summed E-state index contributed by atoms with van der Waals surface area (Å²) < 4.78 is 26.2. The molecule has 21 heavy (non-hydrogen) atoms. The largest absolute Gasteiger partial charge is 0.358 e. The Hall–Kier alpha value is -2.07. The Morgan fingerprint density at radius 3 is 2.43 bits per heavy atom. The Labute approximate surface area is 124 Å². The summed E-state index contributed by atoms with van der Waals surface area (Å²) in [4.78, 5) is 3.92. The standard InChI is InChI=1S/C17H17NO2S/c1-11-8-9-12(2)16(10-11)21(19,20)17-13(3)18-15-7-5-4-6-14(15)17/h4-10,18H,1-3H3. The van der Waals surface area contributed by atoms with Crippen molar-refractivity contribution in [2.75, 3.05) is 0 Å². The molecule has 0 saturated carbocycles. The molecule has 0 amide bonds. The lowest BCUT2D eigenvalue weighted by molar-refractivity contribution is 0.595. The fraction of sp³-hybridized carbons (Fsp3) is 0.176. The van der Waals surface area contributed by atoms with E-state index >= 15 is 0 Å². The fourth-order valence-electron chi connectivity index (χ4n) is 2.70. The van der Waals surface area contributed by atoms with E-state index in [1.807, 2.05) is 50.2 Å². The molecule has 3 nitrogen and oxygen atoms in total. The minimum Gasteiger partial charge on any atom is -0.358 e. The summed E-state index contributed by atoms with van der Waals surface area (Å²) in [6.45, 7) is 5.54. The SMILES string of the molecule is Cc1ccc(C)c(S(=O)(=O)c2c(C)[nH]c3ccccc23)c1. The van der Waals surface area contributed by atoms with Crippen LogP contribution in [0.15, 0.2) is 52.3 Å². The Bertz CT molecular complexity index is 937. The summed E-state index contributed by atoms with van der Waals surface area (Å²) in [5.41, 5.74) is 3.23. The lowest BCUT2D eigenvalue weighted by atomic mass is 10.2. The van der Waals surface area contributed by atoms with Crippen molar-refractivity contribution in [3.63, 3.8) is 0 Å². The molecule has 0 unspecified atom stereocenters. The molecule has 1 N–H and O–H groups in total. The Balaban J connectivity index is 2.35. The molecule has 2 aromatic carbocycles. The van der Waals surface area contributed by atoms with Crippen molar-refractivity contribution >= 4 is 20.7 Å². The van der Waals surface area contributed by atoms with Crippen molar-refractivity contribution in [3.8, 4) is 0 Å². The van der Waals surface area contributed by atoms with E-state index in [0.717, 1.165) is 22.0 Å². The van der Waals surface area contributed by atoms with Gasteiger partial charge in [0.2, 0.25) is 9.84 Å². The van der Waals surface area contributed by atoms with Gasteiger partial charge in [-0.1, -0.05) is 30.3 Å². The van der Waals surface area contributed by atoms with Crippen molar-refractivity contribution in [2.45, 2.75) is 30.6 Å². The summed E-state index contributed by atoms with van der Waals surface area (Å²) in [5.74, 6) is 0. The van der Waals surface area contributed by atoms with Gasteiger partial charge in [-0.3, -0.25) is 0 Å². The number of benzene rings is 2. The van der Waals surface area contributed by atoms with Crippen LogP contribution in [0.3, 0.4) is 0 Å². The second-order valence-electron chi connectivity index (χ2n) is 5.40. The molecule has 0 spiro atoms. The number of aryl methyl sites for hydroxylation is 3. The first-order valence-electron chi connectivity index (χ1n) is 6.81. The molecular weight excluding hydrogens is 282 g/mol. The van der Waals surface area contributed by atoms with Gasteiger partial charge < -0.3 is 4.98 Å². The number of para-hydroxylation sites is 1. The molecule has 0 atom stereocenters. The number of rotatable bonds is 2. The van der Waals surface area contributed by atoms with E-state index in [-0.39, 0.29) is 0 Å². The number of hydrogen-bond acceptors (Lipinski definition) is 2. The molecule has 0 fully saturated rings. The predicted octanol–water partition coefficient (Wildman–Crippen LogP) is 3.93. The van der Waals surface area contributed by atoms with Crippen LogP contribution in [0.4, 0.5) is 0 Å². The summed E-state index contributed by atoms with van der Waals surface area (Å²) in [5, 5.41) is 0.746. The minimum atomic E-state index is -3.54. The zero-order valence-electron chi connectivity index (χ0n) is 12.3. The van der Waals surface area contributed by atoms with Crippen LogP contribution < -0.4 is 0 Å². The molecule has 0 radical (unpaired) electrons. The molecule has 0 bridgehead atoms. The molecule has 0 aliphatic carbocycles. The zero-order valence-corrected chi connectivity index (χ0v) is 13.1. The Morgan fingerprint density at radius 1 is 0.952 bits per heavy atom. The molecule has 3 aromatic rings. The van der Waals surface area contributed by atoms with E-state index in [4.69, 9.17) is 0 Å². The van der Waals surface area contributed by atoms with Crippen molar-refractivity contribution in [3.05, 3.63) is 59.3 Å². The second kappa shape index (κ2) is 4.74.